The van der Waals surface area contributed by atoms with E-state index in [0.717, 1.165) is 16.9 Å². The molecule has 0 fully saturated rings. The third kappa shape index (κ3) is 3.07. The Morgan fingerprint density at radius 1 is 1.47 bits per heavy atom. The largest absolute Gasteiger partial charge is 0.496 e. The lowest BCUT2D eigenvalue weighted by molar-refractivity contribution is 0.409. The van der Waals surface area contributed by atoms with Crippen molar-refractivity contribution < 1.29 is 4.74 Å². The van der Waals surface area contributed by atoms with Gasteiger partial charge >= 0.3 is 0 Å². The summed E-state index contributed by atoms with van der Waals surface area (Å²) in [7, 11) is 3.39. The van der Waals surface area contributed by atoms with E-state index in [1.165, 1.54) is 4.80 Å². The molecular formula is C12H18N6O. The van der Waals surface area contributed by atoms with Crippen molar-refractivity contribution >= 4 is 0 Å². The molecule has 0 radical (unpaired) electrons. The summed E-state index contributed by atoms with van der Waals surface area (Å²) < 4.78 is 5.32. The minimum Gasteiger partial charge on any atom is -0.496 e. The van der Waals surface area contributed by atoms with Crippen LogP contribution in [0.2, 0.25) is 0 Å². The topological polar surface area (TPSA) is 90.9 Å². The van der Waals surface area contributed by atoms with Gasteiger partial charge in [-0.25, -0.2) is 0 Å². The van der Waals surface area contributed by atoms with Crippen LogP contribution in [-0.4, -0.2) is 27.3 Å². The Balaban J connectivity index is 2.21. The van der Waals surface area contributed by atoms with Gasteiger partial charge in [0.2, 0.25) is 0 Å². The van der Waals surface area contributed by atoms with Crippen LogP contribution in [0.3, 0.4) is 0 Å². The molecule has 0 spiro atoms. The fraction of sp³-hybridized carbons (Fsp3) is 0.417. The highest BCUT2D eigenvalue weighted by Gasteiger charge is 2.15. The predicted octanol–water partition coefficient (Wildman–Crippen LogP) is 0.274. The van der Waals surface area contributed by atoms with Crippen LogP contribution in [0, 0.1) is 6.92 Å². The van der Waals surface area contributed by atoms with Crippen molar-refractivity contribution in [2.45, 2.75) is 19.4 Å². The molecular weight excluding hydrogens is 244 g/mol. The SMILES string of the molecule is COc1cc(C(Cc2nnn(C)n2)NN)ccc1C. The predicted molar refractivity (Wildman–Crippen MR) is 70.3 cm³/mol. The first-order valence-electron chi connectivity index (χ1n) is 5.97. The smallest absolute Gasteiger partial charge is 0.176 e. The van der Waals surface area contributed by atoms with Crippen LogP contribution in [0.1, 0.15) is 23.0 Å². The number of aryl methyl sites for hydroxylation is 2. The molecule has 102 valence electrons. The van der Waals surface area contributed by atoms with Crippen molar-refractivity contribution in [2.75, 3.05) is 7.11 Å². The summed E-state index contributed by atoms with van der Waals surface area (Å²) in [4.78, 5) is 1.43. The minimum absolute atomic E-state index is 0.0845. The minimum atomic E-state index is -0.0845. The molecule has 0 saturated carbocycles. The van der Waals surface area contributed by atoms with Crippen molar-refractivity contribution in [2.24, 2.45) is 12.9 Å². The highest BCUT2D eigenvalue weighted by atomic mass is 16.5. The van der Waals surface area contributed by atoms with E-state index < -0.39 is 0 Å². The van der Waals surface area contributed by atoms with Gasteiger partial charge in [-0.1, -0.05) is 12.1 Å². The van der Waals surface area contributed by atoms with E-state index in [9.17, 15) is 0 Å². The Hall–Kier alpha value is -1.99. The molecule has 0 aliphatic carbocycles. The van der Waals surface area contributed by atoms with E-state index in [1.54, 1.807) is 14.2 Å². The molecule has 0 aliphatic heterocycles. The Bertz CT molecular complexity index is 553. The lowest BCUT2D eigenvalue weighted by Gasteiger charge is -2.16. The van der Waals surface area contributed by atoms with Crippen molar-refractivity contribution in [1.82, 2.24) is 25.6 Å². The molecule has 0 bridgehead atoms. The fourth-order valence-corrected chi connectivity index (χ4v) is 1.91. The van der Waals surface area contributed by atoms with E-state index >= 15 is 0 Å². The average molecular weight is 262 g/mol. The molecule has 19 heavy (non-hydrogen) atoms. The summed E-state index contributed by atoms with van der Waals surface area (Å²) in [5, 5.41) is 11.9. The first kappa shape index (κ1) is 13.4. The zero-order valence-corrected chi connectivity index (χ0v) is 11.3. The van der Waals surface area contributed by atoms with Gasteiger partial charge in [0.25, 0.3) is 0 Å². The maximum Gasteiger partial charge on any atom is 0.176 e. The van der Waals surface area contributed by atoms with Gasteiger partial charge in [0.15, 0.2) is 5.82 Å². The van der Waals surface area contributed by atoms with E-state index in [2.05, 4.69) is 20.8 Å². The zero-order valence-electron chi connectivity index (χ0n) is 11.3. The van der Waals surface area contributed by atoms with E-state index in [0.29, 0.717) is 12.2 Å². The van der Waals surface area contributed by atoms with Gasteiger partial charge in [0, 0.05) is 6.42 Å². The van der Waals surface area contributed by atoms with Gasteiger partial charge in [-0.15, -0.1) is 10.2 Å². The number of tetrazole rings is 1. The maximum atomic E-state index is 5.62. The normalized spacial score (nSPS) is 12.4. The number of rotatable bonds is 5. The number of nitrogens with zero attached hydrogens (tertiary/aromatic N) is 4. The van der Waals surface area contributed by atoms with Gasteiger partial charge in [0.05, 0.1) is 20.2 Å². The molecule has 7 nitrogen and oxygen atoms in total. The summed E-state index contributed by atoms with van der Waals surface area (Å²) in [6.45, 7) is 2.00. The lowest BCUT2D eigenvalue weighted by atomic mass is 10.0. The monoisotopic (exact) mass is 262 g/mol. The van der Waals surface area contributed by atoms with E-state index in [-0.39, 0.29) is 6.04 Å². The van der Waals surface area contributed by atoms with Gasteiger partial charge in [-0.05, 0) is 29.3 Å². The second kappa shape index (κ2) is 5.77. The molecule has 3 N–H and O–H groups in total. The standard InChI is InChI=1S/C12H18N6O/c1-8-4-5-9(6-11(8)19-3)10(14-13)7-12-15-17-18(2)16-12/h4-6,10,14H,7,13H2,1-3H3. The van der Waals surface area contributed by atoms with Crippen LogP contribution < -0.4 is 16.0 Å². The summed E-state index contributed by atoms with van der Waals surface area (Å²) in [5.74, 6) is 7.10. The van der Waals surface area contributed by atoms with Crippen molar-refractivity contribution in [1.29, 1.82) is 0 Å². The van der Waals surface area contributed by atoms with Crippen molar-refractivity contribution in [3.05, 3.63) is 35.2 Å². The highest BCUT2D eigenvalue weighted by molar-refractivity contribution is 5.38. The Morgan fingerprint density at radius 2 is 2.26 bits per heavy atom. The Morgan fingerprint density at radius 3 is 2.84 bits per heavy atom. The number of hydrazine groups is 1. The summed E-state index contributed by atoms with van der Waals surface area (Å²) in [6.07, 6.45) is 0.566. The number of methoxy groups -OCH3 is 1. The van der Waals surface area contributed by atoms with Crippen molar-refractivity contribution in [3.8, 4) is 5.75 Å². The maximum absolute atomic E-state index is 5.62. The van der Waals surface area contributed by atoms with Crippen LogP contribution >= 0.6 is 0 Å². The van der Waals surface area contributed by atoms with E-state index in [1.807, 2.05) is 25.1 Å². The number of nitrogens with two attached hydrogens (primary N) is 1. The molecule has 1 heterocycles. The van der Waals surface area contributed by atoms with Crippen LogP contribution in [0.15, 0.2) is 18.2 Å². The third-order valence-electron chi connectivity index (χ3n) is 2.97. The van der Waals surface area contributed by atoms with Gasteiger partial charge < -0.3 is 4.74 Å². The number of benzene rings is 1. The third-order valence-corrected chi connectivity index (χ3v) is 2.97. The molecule has 1 aromatic heterocycles. The molecule has 2 rings (SSSR count). The second-order valence-corrected chi connectivity index (χ2v) is 4.35. The quantitative estimate of drug-likeness (QED) is 0.594. The molecule has 0 saturated heterocycles. The summed E-state index contributed by atoms with van der Waals surface area (Å²) in [6, 6.07) is 5.90. The molecule has 7 heteroatoms. The number of hydrogen-bond acceptors (Lipinski definition) is 6. The van der Waals surface area contributed by atoms with Crippen molar-refractivity contribution in [3.63, 3.8) is 0 Å². The van der Waals surface area contributed by atoms with Gasteiger partial charge in [0.1, 0.15) is 5.75 Å². The first-order chi connectivity index (χ1) is 9.13. The van der Waals surface area contributed by atoms with Crippen LogP contribution in [0.4, 0.5) is 0 Å². The van der Waals surface area contributed by atoms with Crippen LogP contribution in [0.25, 0.3) is 0 Å². The first-order valence-corrected chi connectivity index (χ1v) is 5.97. The number of aromatic nitrogens is 4. The molecule has 1 unspecified atom stereocenters. The average Bonchev–Trinajstić information content (AvgIpc) is 2.82. The molecule has 2 aromatic rings. The second-order valence-electron chi connectivity index (χ2n) is 4.35. The Kier molecular flexibility index (Phi) is 4.08. The molecule has 1 atom stereocenters. The Labute approximate surface area is 111 Å². The number of ether oxygens (including phenoxy) is 1. The molecule has 1 aromatic carbocycles. The van der Waals surface area contributed by atoms with Gasteiger partial charge in [-0.2, -0.15) is 4.80 Å². The molecule has 0 aliphatic rings. The zero-order chi connectivity index (χ0) is 13.8. The fourth-order valence-electron chi connectivity index (χ4n) is 1.91. The van der Waals surface area contributed by atoms with Crippen LogP contribution in [0.5, 0.6) is 5.75 Å². The number of hydrogen-bond donors (Lipinski definition) is 2. The van der Waals surface area contributed by atoms with Crippen LogP contribution in [-0.2, 0) is 13.5 Å². The van der Waals surface area contributed by atoms with E-state index in [4.69, 9.17) is 10.6 Å². The highest BCUT2D eigenvalue weighted by Crippen LogP contribution is 2.24. The lowest BCUT2D eigenvalue weighted by Crippen LogP contribution is -2.30. The molecule has 0 amide bonds. The summed E-state index contributed by atoms with van der Waals surface area (Å²) >= 11 is 0. The summed E-state index contributed by atoms with van der Waals surface area (Å²) in [5.41, 5.74) is 4.88. The van der Waals surface area contributed by atoms with Gasteiger partial charge in [-0.3, -0.25) is 11.3 Å². The number of nitrogens with one attached hydrogen (secondary N) is 1.